The minimum atomic E-state index is -3.46. The van der Waals surface area contributed by atoms with Gasteiger partial charge in [-0.15, -0.1) is 0 Å². The van der Waals surface area contributed by atoms with Gasteiger partial charge in [0.25, 0.3) is 0 Å². The van der Waals surface area contributed by atoms with Crippen LogP contribution in [0.2, 0.25) is 0 Å². The van der Waals surface area contributed by atoms with E-state index in [4.69, 9.17) is 0 Å². The lowest BCUT2D eigenvalue weighted by molar-refractivity contribution is 0.448. The van der Waals surface area contributed by atoms with Gasteiger partial charge in [0.2, 0.25) is 10.0 Å². The van der Waals surface area contributed by atoms with Gasteiger partial charge in [-0.25, -0.2) is 12.8 Å². The number of benzene rings is 1. The van der Waals surface area contributed by atoms with Crippen molar-refractivity contribution in [1.82, 2.24) is 9.62 Å². The van der Waals surface area contributed by atoms with E-state index >= 15 is 0 Å². The Kier molecular flexibility index (Phi) is 2.88. The molecule has 0 radical (unpaired) electrons. The largest absolute Gasteiger partial charge is 0.316 e. The van der Waals surface area contributed by atoms with E-state index in [1.165, 1.54) is 28.6 Å². The number of hydrogen-bond acceptors (Lipinski definition) is 3. The Bertz CT molecular complexity index is 532. The summed E-state index contributed by atoms with van der Waals surface area (Å²) in [6.45, 7) is 2.91. The van der Waals surface area contributed by atoms with Crippen molar-refractivity contribution in [3.05, 3.63) is 30.1 Å². The molecule has 6 heteroatoms. The maximum atomic E-state index is 12.8. The summed E-state index contributed by atoms with van der Waals surface area (Å²) in [5.74, 6) is 0.414. The Labute approximate surface area is 106 Å². The highest BCUT2D eigenvalue weighted by Crippen LogP contribution is 2.30. The molecule has 0 amide bonds. The zero-order chi connectivity index (χ0) is 12.8. The number of sulfonamides is 1. The van der Waals surface area contributed by atoms with Crippen molar-refractivity contribution < 1.29 is 12.8 Å². The molecule has 18 heavy (non-hydrogen) atoms. The van der Waals surface area contributed by atoms with Crippen LogP contribution in [0, 0.1) is 17.7 Å². The van der Waals surface area contributed by atoms with Gasteiger partial charge in [-0.1, -0.05) is 0 Å². The van der Waals surface area contributed by atoms with Gasteiger partial charge in [-0.3, -0.25) is 0 Å². The van der Waals surface area contributed by atoms with Crippen molar-refractivity contribution in [3.63, 3.8) is 0 Å². The summed E-state index contributed by atoms with van der Waals surface area (Å²) in [6, 6.07) is 5.03. The quantitative estimate of drug-likeness (QED) is 0.859. The fourth-order valence-electron chi connectivity index (χ4n) is 2.76. The van der Waals surface area contributed by atoms with Gasteiger partial charge < -0.3 is 5.32 Å². The number of rotatable bonds is 2. The number of halogens is 1. The molecule has 0 bridgehead atoms. The van der Waals surface area contributed by atoms with Gasteiger partial charge >= 0.3 is 0 Å². The van der Waals surface area contributed by atoms with E-state index in [9.17, 15) is 12.8 Å². The molecule has 4 nitrogen and oxygen atoms in total. The molecule has 2 heterocycles. The van der Waals surface area contributed by atoms with E-state index in [0.29, 0.717) is 24.9 Å². The molecule has 1 aromatic carbocycles. The lowest BCUT2D eigenvalue weighted by Gasteiger charge is -2.17. The second-order valence-electron chi connectivity index (χ2n) is 4.95. The van der Waals surface area contributed by atoms with E-state index in [2.05, 4.69) is 5.32 Å². The summed E-state index contributed by atoms with van der Waals surface area (Å²) in [7, 11) is -3.46. The van der Waals surface area contributed by atoms with Crippen molar-refractivity contribution in [2.45, 2.75) is 4.90 Å². The topological polar surface area (TPSA) is 49.4 Å². The van der Waals surface area contributed by atoms with Crippen LogP contribution >= 0.6 is 0 Å². The number of fused-ring (bicyclic) bond motifs is 1. The highest BCUT2D eigenvalue weighted by Gasteiger charge is 2.41. The molecule has 0 aromatic heterocycles. The lowest BCUT2D eigenvalue weighted by atomic mass is 10.0. The van der Waals surface area contributed by atoms with Crippen LogP contribution in [0.3, 0.4) is 0 Å². The Balaban J connectivity index is 1.85. The molecule has 2 fully saturated rings. The molecular weight excluding hydrogens is 255 g/mol. The first-order chi connectivity index (χ1) is 8.57. The van der Waals surface area contributed by atoms with Crippen LogP contribution in [0.15, 0.2) is 29.2 Å². The van der Waals surface area contributed by atoms with Crippen LogP contribution < -0.4 is 5.32 Å². The molecule has 1 aromatic rings. The van der Waals surface area contributed by atoms with Crippen LogP contribution in [-0.2, 0) is 10.0 Å². The Hall–Kier alpha value is -0.980. The molecule has 1 N–H and O–H groups in total. The highest BCUT2D eigenvalue weighted by molar-refractivity contribution is 7.89. The third kappa shape index (κ3) is 1.94. The predicted octanol–water partition coefficient (Wildman–Crippen LogP) is 0.666. The minimum Gasteiger partial charge on any atom is -0.316 e. The van der Waals surface area contributed by atoms with E-state index in [-0.39, 0.29) is 4.90 Å². The average Bonchev–Trinajstić information content (AvgIpc) is 2.89. The van der Waals surface area contributed by atoms with E-state index < -0.39 is 15.8 Å². The molecule has 3 rings (SSSR count). The van der Waals surface area contributed by atoms with Gasteiger partial charge in [0.05, 0.1) is 4.90 Å². The summed E-state index contributed by atoms with van der Waals surface area (Å²) in [5, 5.41) is 3.27. The van der Waals surface area contributed by atoms with Crippen molar-refractivity contribution in [1.29, 1.82) is 0 Å². The maximum absolute atomic E-state index is 12.8. The molecule has 98 valence electrons. The van der Waals surface area contributed by atoms with Crippen molar-refractivity contribution in [2.24, 2.45) is 11.8 Å². The second kappa shape index (κ2) is 4.29. The predicted molar refractivity (Wildman–Crippen MR) is 65.0 cm³/mol. The molecule has 2 atom stereocenters. The van der Waals surface area contributed by atoms with Crippen LogP contribution in [0.5, 0.6) is 0 Å². The van der Waals surface area contributed by atoms with Crippen LogP contribution in [0.25, 0.3) is 0 Å². The first kappa shape index (κ1) is 12.1. The van der Waals surface area contributed by atoms with Gasteiger partial charge in [0.15, 0.2) is 0 Å². The van der Waals surface area contributed by atoms with E-state index in [1.54, 1.807) is 0 Å². The first-order valence-electron chi connectivity index (χ1n) is 6.04. The zero-order valence-electron chi connectivity index (χ0n) is 9.84. The number of nitrogens with one attached hydrogen (secondary N) is 1. The fourth-order valence-corrected chi connectivity index (χ4v) is 4.32. The summed E-state index contributed by atoms with van der Waals surface area (Å²) >= 11 is 0. The zero-order valence-corrected chi connectivity index (χ0v) is 10.7. The smallest absolute Gasteiger partial charge is 0.243 e. The molecule has 0 spiro atoms. The molecule has 2 aliphatic rings. The minimum absolute atomic E-state index is 0.178. The van der Waals surface area contributed by atoms with Crippen LogP contribution in [0.4, 0.5) is 4.39 Å². The SMILES string of the molecule is O=S(=O)(c1ccc(F)cc1)N1C[C@@H]2CNC[C@H]2C1. The van der Waals surface area contributed by atoms with E-state index in [1.807, 2.05) is 0 Å². The summed E-state index contributed by atoms with van der Waals surface area (Å²) < 4.78 is 39.1. The number of nitrogens with zero attached hydrogens (tertiary/aromatic N) is 1. The van der Waals surface area contributed by atoms with Crippen molar-refractivity contribution >= 4 is 10.0 Å². The fraction of sp³-hybridized carbons (Fsp3) is 0.500. The van der Waals surface area contributed by atoms with Crippen LogP contribution in [0.1, 0.15) is 0 Å². The monoisotopic (exact) mass is 270 g/mol. The summed E-state index contributed by atoms with van der Waals surface area (Å²) in [6.07, 6.45) is 0. The lowest BCUT2D eigenvalue weighted by Crippen LogP contribution is -2.31. The molecule has 0 aliphatic carbocycles. The third-order valence-corrected chi connectivity index (χ3v) is 5.65. The first-order valence-corrected chi connectivity index (χ1v) is 7.48. The van der Waals surface area contributed by atoms with Gasteiger partial charge in [0.1, 0.15) is 5.82 Å². The highest BCUT2D eigenvalue weighted by atomic mass is 32.2. The van der Waals surface area contributed by atoms with Crippen LogP contribution in [-0.4, -0.2) is 38.9 Å². The van der Waals surface area contributed by atoms with Gasteiger partial charge in [-0.2, -0.15) is 4.31 Å². The summed E-state index contributed by atoms with van der Waals surface area (Å²) in [4.78, 5) is 0.178. The van der Waals surface area contributed by atoms with Gasteiger partial charge in [0, 0.05) is 13.1 Å². The molecule has 0 saturated carbocycles. The standard InChI is InChI=1S/C12H15FN2O2S/c13-11-1-3-12(4-2-11)18(16,17)15-7-9-5-14-6-10(9)8-15/h1-4,9-10,14H,5-8H2/t9-,10-/m0/s1. The normalized spacial score (nSPS) is 28.5. The number of hydrogen-bond donors (Lipinski definition) is 1. The van der Waals surface area contributed by atoms with E-state index in [0.717, 1.165) is 13.1 Å². The van der Waals surface area contributed by atoms with Crippen molar-refractivity contribution in [2.75, 3.05) is 26.2 Å². The Morgan fingerprint density at radius 3 is 2.22 bits per heavy atom. The summed E-state index contributed by atoms with van der Waals surface area (Å²) in [5.41, 5.74) is 0. The second-order valence-corrected chi connectivity index (χ2v) is 6.89. The maximum Gasteiger partial charge on any atom is 0.243 e. The molecular formula is C12H15FN2O2S. The van der Waals surface area contributed by atoms with Gasteiger partial charge in [-0.05, 0) is 49.2 Å². The van der Waals surface area contributed by atoms with Crippen molar-refractivity contribution in [3.8, 4) is 0 Å². The molecule has 0 unspecified atom stereocenters. The Morgan fingerprint density at radius 1 is 1.11 bits per heavy atom. The molecule has 2 saturated heterocycles. The Morgan fingerprint density at radius 2 is 1.67 bits per heavy atom. The molecule has 2 aliphatic heterocycles. The third-order valence-electron chi connectivity index (χ3n) is 3.81. The average molecular weight is 270 g/mol.